The molecular weight excluding hydrogens is 371 g/mol. The molecule has 4 rings (SSSR count). The van der Waals surface area contributed by atoms with Crippen molar-refractivity contribution in [3.63, 3.8) is 0 Å². The average molecular weight is 387 g/mol. The number of fused-ring (bicyclic) bond motifs is 5. The lowest BCUT2D eigenvalue weighted by atomic mass is 9.89. The standard InChI is InChI=1S/C20H16F3N3O2/c21-20(22,23)19(27)25-14-5-3-9-26-15-10-12(11-24)7-8-17(15)28-16-6-2-1-4-13(16)18(14)26/h1-2,4,6-8,10,14,18H,3,5,9H2,(H,25,27)/t14-,18+/m0/s1. The van der Waals surface area contributed by atoms with Gasteiger partial charge in [0.15, 0.2) is 5.75 Å². The van der Waals surface area contributed by atoms with Crippen molar-refractivity contribution in [2.45, 2.75) is 31.1 Å². The Bertz CT molecular complexity index is 968. The molecule has 0 saturated carbocycles. The van der Waals surface area contributed by atoms with Crippen LogP contribution in [0.2, 0.25) is 0 Å². The van der Waals surface area contributed by atoms with Crippen molar-refractivity contribution in [1.29, 1.82) is 5.26 Å². The minimum Gasteiger partial charge on any atom is -0.455 e. The van der Waals surface area contributed by atoms with Gasteiger partial charge in [-0.1, -0.05) is 18.2 Å². The molecule has 0 bridgehead atoms. The van der Waals surface area contributed by atoms with E-state index in [0.717, 1.165) is 0 Å². The number of nitrogens with one attached hydrogen (secondary N) is 1. The average Bonchev–Trinajstić information content (AvgIpc) is 2.82. The van der Waals surface area contributed by atoms with Crippen LogP contribution in [0.1, 0.15) is 30.0 Å². The van der Waals surface area contributed by atoms with Gasteiger partial charge < -0.3 is 15.0 Å². The molecule has 0 aromatic heterocycles. The van der Waals surface area contributed by atoms with Gasteiger partial charge in [0, 0.05) is 12.1 Å². The summed E-state index contributed by atoms with van der Waals surface area (Å²) in [5.41, 5.74) is 1.75. The maximum absolute atomic E-state index is 12.9. The second kappa shape index (κ2) is 6.75. The highest BCUT2D eigenvalue weighted by molar-refractivity contribution is 5.82. The summed E-state index contributed by atoms with van der Waals surface area (Å²) in [5.74, 6) is -0.904. The van der Waals surface area contributed by atoms with Crippen LogP contribution in [-0.4, -0.2) is 24.7 Å². The minimum atomic E-state index is -4.95. The summed E-state index contributed by atoms with van der Waals surface area (Å²) >= 11 is 0. The van der Waals surface area contributed by atoms with Crippen LogP contribution in [0.25, 0.3) is 0 Å². The Morgan fingerprint density at radius 1 is 1.21 bits per heavy atom. The van der Waals surface area contributed by atoms with Gasteiger partial charge in [0.25, 0.3) is 0 Å². The molecule has 0 unspecified atom stereocenters. The Kier molecular flexibility index (Phi) is 4.38. The molecule has 2 aliphatic rings. The molecule has 8 heteroatoms. The fourth-order valence-electron chi connectivity index (χ4n) is 3.89. The number of carbonyl (C=O) groups is 1. The molecule has 2 atom stereocenters. The van der Waals surface area contributed by atoms with E-state index in [0.29, 0.717) is 47.7 Å². The molecule has 1 N–H and O–H groups in total. The van der Waals surface area contributed by atoms with E-state index in [1.165, 1.54) is 0 Å². The number of halogens is 3. The molecule has 144 valence electrons. The highest BCUT2D eigenvalue weighted by Crippen LogP contribution is 2.47. The van der Waals surface area contributed by atoms with Crippen LogP contribution in [0.15, 0.2) is 42.5 Å². The van der Waals surface area contributed by atoms with Gasteiger partial charge in [-0.3, -0.25) is 4.79 Å². The van der Waals surface area contributed by atoms with Crippen molar-refractivity contribution >= 4 is 11.6 Å². The molecule has 28 heavy (non-hydrogen) atoms. The molecular formula is C20H16F3N3O2. The number of hydrogen-bond acceptors (Lipinski definition) is 4. The largest absolute Gasteiger partial charge is 0.471 e. The maximum atomic E-state index is 12.9. The first-order chi connectivity index (χ1) is 13.4. The van der Waals surface area contributed by atoms with Crippen molar-refractivity contribution in [3.8, 4) is 17.6 Å². The van der Waals surface area contributed by atoms with E-state index in [1.807, 2.05) is 4.90 Å². The summed E-state index contributed by atoms with van der Waals surface area (Å²) in [6, 6.07) is 12.9. The van der Waals surface area contributed by atoms with E-state index in [1.54, 1.807) is 42.5 Å². The zero-order chi connectivity index (χ0) is 19.9. The van der Waals surface area contributed by atoms with Crippen molar-refractivity contribution in [2.75, 3.05) is 11.4 Å². The number of para-hydroxylation sites is 1. The SMILES string of the molecule is N#Cc1ccc2c(c1)N1CCC[C@H](NC(=O)C(F)(F)F)[C@H]1c1ccccc1O2. The molecule has 2 aromatic carbocycles. The number of carbonyl (C=O) groups excluding carboxylic acids is 1. The lowest BCUT2D eigenvalue weighted by Gasteiger charge is -2.42. The van der Waals surface area contributed by atoms with E-state index >= 15 is 0 Å². The smallest absolute Gasteiger partial charge is 0.455 e. The zero-order valence-corrected chi connectivity index (χ0v) is 14.7. The lowest BCUT2D eigenvalue weighted by molar-refractivity contribution is -0.174. The first kappa shape index (κ1) is 18.2. The molecule has 5 nitrogen and oxygen atoms in total. The summed E-state index contributed by atoms with van der Waals surface area (Å²) in [7, 11) is 0. The van der Waals surface area contributed by atoms with Gasteiger partial charge in [-0.05, 0) is 37.1 Å². The molecule has 2 aromatic rings. The molecule has 0 aliphatic carbocycles. The Labute approximate surface area is 159 Å². The quantitative estimate of drug-likeness (QED) is 0.802. The highest BCUT2D eigenvalue weighted by Gasteiger charge is 2.44. The number of benzene rings is 2. The third-order valence-corrected chi connectivity index (χ3v) is 5.06. The Balaban J connectivity index is 1.82. The second-order valence-electron chi connectivity index (χ2n) is 6.79. The third kappa shape index (κ3) is 3.13. The number of anilines is 1. The second-order valence-corrected chi connectivity index (χ2v) is 6.79. The van der Waals surface area contributed by atoms with E-state index in [4.69, 9.17) is 4.74 Å². The summed E-state index contributed by atoms with van der Waals surface area (Å²) in [6.45, 7) is 0.572. The van der Waals surface area contributed by atoms with Crippen LogP contribution in [0.5, 0.6) is 11.5 Å². The van der Waals surface area contributed by atoms with Crippen molar-refractivity contribution in [2.24, 2.45) is 0 Å². The van der Waals surface area contributed by atoms with E-state index in [9.17, 15) is 23.2 Å². The number of hydrogen-bond donors (Lipinski definition) is 1. The molecule has 0 radical (unpaired) electrons. The summed E-state index contributed by atoms with van der Waals surface area (Å²) in [5, 5.41) is 11.4. The first-order valence-corrected chi connectivity index (χ1v) is 8.84. The fourth-order valence-corrected chi connectivity index (χ4v) is 3.89. The third-order valence-electron chi connectivity index (χ3n) is 5.06. The van der Waals surface area contributed by atoms with Crippen LogP contribution in [0.3, 0.4) is 0 Å². The Morgan fingerprint density at radius 2 is 2.00 bits per heavy atom. The predicted molar refractivity (Wildman–Crippen MR) is 95.0 cm³/mol. The topological polar surface area (TPSA) is 65.4 Å². The van der Waals surface area contributed by atoms with Gasteiger partial charge in [0.05, 0.1) is 29.4 Å². The van der Waals surface area contributed by atoms with Crippen LogP contribution in [0.4, 0.5) is 18.9 Å². The van der Waals surface area contributed by atoms with Crippen LogP contribution >= 0.6 is 0 Å². The highest BCUT2D eigenvalue weighted by atomic mass is 19.4. The van der Waals surface area contributed by atoms with Gasteiger partial charge in [-0.25, -0.2) is 0 Å². The summed E-state index contributed by atoms with van der Waals surface area (Å²) < 4.78 is 44.6. The summed E-state index contributed by atoms with van der Waals surface area (Å²) in [4.78, 5) is 13.5. The van der Waals surface area contributed by atoms with Gasteiger partial charge in [-0.15, -0.1) is 0 Å². The number of alkyl halides is 3. The van der Waals surface area contributed by atoms with Gasteiger partial charge in [-0.2, -0.15) is 18.4 Å². The Morgan fingerprint density at radius 3 is 2.75 bits per heavy atom. The van der Waals surface area contributed by atoms with Gasteiger partial charge >= 0.3 is 12.1 Å². The van der Waals surface area contributed by atoms with E-state index in [-0.39, 0.29) is 0 Å². The number of ether oxygens (including phenoxy) is 1. The number of nitriles is 1. The molecule has 2 heterocycles. The van der Waals surface area contributed by atoms with Crippen molar-refractivity contribution in [3.05, 3.63) is 53.6 Å². The molecule has 1 saturated heterocycles. The van der Waals surface area contributed by atoms with Gasteiger partial charge in [0.2, 0.25) is 0 Å². The molecule has 1 fully saturated rings. The lowest BCUT2D eigenvalue weighted by Crippen LogP contribution is -2.52. The normalized spacial score (nSPS) is 20.6. The van der Waals surface area contributed by atoms with E-state index < -0.39 is 24.2 Å². The number of nitrogens with zero attached hydrogens (tertiary/aromatic N) is 2. The number of amides is 1. The van der Waals surface area contributed by atoms with Crippen LogP contribution < -0.4 is 15.0 Å². The molecule has 0 spiro atoms. The number of piperidine rings is 1. The van der Waals surface area contributed by atoms with Crippen molar-refractivity contribution in [1.82, 2.24) is 5.32 Å². The molecule has 2 aliphatic heterocycles. The monoisotopic (exact) mass is 387 g/mol. The van der Waals surface area contributed by atoms with Crippen molar-refractivity contribution < 1.29 is 22.7 Å². The van der Waals surface area contributed by atoms with Crippen LogP contribution in [0, 0.1) is 11.3 Å². The maximum Gasteiger partial charge on any atom is 0.471 e. The predicted octanol–water partition coefficient (Wildman–Crippen LogP) is 4.05. The van der Waals surface area contributed by atoms with Gasteiger partial charge in [0.1, 0.15) is 5.75 Å². The minimum absolute atomic E-state index is 0.407. The Hall–Kier alpha value is -3.21. The first-order valence-electron chi connectivity index (χ1n) is 8.84. The zero-order valence-electron chi connectivity index (χ0n) is 14.7. The van der Waals surface area contributed by atoms with E-state index in [2.05, 4.69) is 11.4 Å². The fraction of sp³-hybridized carbons (Fsp3) is 0.300. The van der Waals surface area contributed by atoms with Crippen LogP contribution in [-0.2, 0) is 4.79 Å². The summed E-state index contributed by atoms with van der Waals surface area (Å²) in [6.07, 6.45) is -3.95. The molecule has 1 amide bonds. The number of rotatable bonds is 1.